The Morgan fingerprint density at radius 3 is 2.65 bits per heavy atom. The van der Waals surface area contributed by atoms with Gasteiger partial charge in [-0.1, -0.05) is 31.3 Å². The number of fused-ring (bicyclic) bond motifs is 1. The van der Waals surface area contributed by atoms with Gasteiger partial charge in [0.05, 0.1) is 22.2 Å². The molecule has 3 rings (SSSR count). The van der Waals surface area contributed by atoms with Crippen LogP contribution in [0.3, 0.4) is 0 Å². The fourth-order valence-corrected chi connectivity index (χ4v) is 4.42. The molecule has 0 aliphatic heterocycles. The number of rotatable bonds is 8. The molecule has 26 heavy (non-hydrogen) atoms. The summed E-state index contributed by atoms with van der Waals surface area (Å²) >= 11 is 2.99. The maximum absolute atomic E-state index is 13.1. The Hall–Kier alpha value is -1.96. The molecule has 0 bridgehead atoms. The first kappa shape index (κ1) is 18.8. The Morgan fingerprint density at radius 2 is 2.00 bits per heavy atom. The lowest BCUT2D eigenvalue weighted by atomic mass is 10.3. The normalized spacial score (nSPS) is 11.2. The highest BCUT2D eigenvalue weighted by Crippen LogP contribution is 2.32. The molecule has 0 spiro atoms. The van der Waals surface area contributed by atoms with Crippen LogP contribution in [0.15, 0.2) is 35.7 Å². The number of methoxy groups -OCH3 is 1. The van der Waals surface area contributed by atoms with Crippen LogP contribution in [-0.2, 0) is 0 Å². The van der Waals surface area contributed by atoms with E-state index in [1.54, 1.807) is 12.0 Å². The minimum Gasteiger partial charge on any atom is -0.497 e. The number of benzene rings is 1. The third-order valence-corrected chi connectivity index (χ3v) is 6.23. The molecular formula is C19H23N3O2S2. The number of thiazole rings is 1. The molecule has 138 valence electrons. The van der Waals surface area contributed by atoms with Crippen LogP contribution in [0.4, 0.5) is 5.13 Å². The molecule has 3 aromatic rings. The van der Waals surface area contributed by atoms with Crippen molar-refractivity contribution >= 4 is 43.9 Å². The summed E-state index contributed by atoms with van der Waals surface area (Å²) in [5.41, 5.74) is 0.887. The van der Waals surface area contributed by atoms with E-state index in [0.29, 0.717) is 6.54 Å². The summed E-state index contributed by atoms with van der Waals surface area (Å²) in [6.07, 6.45) is 0. The minimum atomic E-state index is 0.0122. The van der Waals surface area contributed by atoms with Crippen LogP contribution < -0.4 is 9.64 Å². The molecule has 0 aliphatic rings. The van der Waals surface area contributed by atoms with Crippen LogP contribution in [-0.4, -0.2) is 49.1 Å². The van der Waals surface area contributed by atoms with E-state index in [9.17, 15) is 4.79 Å². The minimum absolute atomic E-state index is 0.0122. The number of thiophene rings is 1. The van der Waals surface area contributed by atoms with Crippen molar-refractivity contribution in [3.05, 3.63) is 40.6 Å². The van der Waals surface area contributed by atoms with E-state index in [-0.39, 0.29) is 5.91 Å². The van der Waals surface area contributed by atoms with Gasteiger partial charge in [-0.25, -0.2) is 4.98 Å². The number of hydrogen-bond acceptors (Lipinski definition) is 6. The topological polar surface area (TPSA) is 45.7 Å². The number of anilines is 1. The molecule has 2 heterocycles. The molecule has 7 heteroatoms. The Labute approximate surface area is 161 Å². The van der Waals surface area contributed by atoms with Gasteiger partial charge in [-0.15, -0.1) is 11.3 Å². The Kier molecular flexibility index (Phi) is 6.24. The second-order valence-electron chi connectivity index (χ2n) is 5.79. The molecule has 1 aromatic carbocycles. The molecule has 0 N–H and O–H groups in total. The summed E-state index contributed by atoms with van der Waals surface area (Å²) in [6.45, 7) is 7.65. The number of likely N-dealkylation sites (N-methyl/N-ethyl adjacent to an activating group) is 1. The zero-order valence-corrected chi connectivity index (χ0v) is 16.9. The lowest BCUT2D eigenvalue weighted by Crippen LogP contribution is -2.38. The van der Waals surface area contributed by atoms with Gasteiger partial charge in [0, 0.05) is 13.1 Å². The van der Waals surface area contributed by atoms with E-state index in [1.807, 2.05) is 35.7 Å². The lowest BCUT2D eigenvalue weighted by Gasteiger charge is -2.24. The molecule has 0 atom stereocenters. The fraction of sp³-hybridized carbons (Fsp3) is 0.368. The second-order valence-corrected chi connectivity index (χ2v) is 7.75. The third-order valence-electron chi connectivity index (χ3n) is 4.33. The summed E-state index contributed by atoms with van der Waals surface area (Å²) in [4.78, 5) is 22.6. The predicted molar refractivity (Wildman–Crippen MR) is 110 cm³/mol. The highest BCUT2D eigenvalue weighted by Gasteiger charge is 2.22. The quantitative estimate of drug-likeness (QED) is 0.574. The largest absolute Gasteiger partial charge is 0.497 e. The molecule has 0 saturated carbocycles. The number of ether oxygens (including phenoxy) is 1. The summed E-state index contributed by atoms with van der Waals surface area (Å²) in [5.74, 6) is 0.810. The second kappa shape index (κ2) is 8.62. The van der Waals surface area contributed by atoms with Gasteiger partial charge in [-0.2, -0.15) is 0 Å². The van der Waals surface area contributed by atoms with Crippen LogP contribution in [0.25, 0.3) is 10.2 Å². The van der Waals surface area contributed by atoms with E-state index < -0.39 is 0 Å². The van der Waals surface area contributed by atoms with Crippen molar-refractivity contribution in [2.45, 2.75) is 13.8 Å². The van der Waals surface area contributed by atoms with E-state index in [2.05, 4.69) is 18.7 Å². The van der Waals surface area contributed by atoms with E-state index in [1.165, 1.54) is 22.7 Å². The van der Waals surface area contributed by atoms with Gasteiger partial charge in [-0.05, 0) is 42.7 Å². The van der Waals surface area contributed by atoms with Gasteiger partial charge in [0.2, 0.25) is 0 Å². The number of hydrogen-bond donors (Lipinski definition) is 0. The van der Waals surface area contributed by atoms with Gasteiger partial charge < -0.3 is 9.64 Å². The third kappa shape index (κ3) is 4.06. The number of amides is 1. The SMILES string of the molecule is CCN(CC)CCN(C(=O)c1cccs1)c1nc2ccc(OC)cc2s1. The van der Waals surface area contributed by atoms with Gasteiger partial charge >= 0.3 is 0 Å². The molecule has 1 amide bonds. The Morgan fingerprint density at radius 1 is 1.19 bits per heavy atom. The summed E-state index contributed by atoms with van der Waals surface area (Å²) in [5, 5.41) is 2.66. The van der Waals surface area contributed by atoms with E-state index in [0.717, 1.165) is 45.6 Å². The van der Waals surface area contributed by atoms with Gasteiger partial charge in [0.1, 0.15) is 5.75 Å². The number of carbonyl (C=O) groups excluding carboxylic acids is 1. The average molecular weight is 390 g/mol. The first-order valence-electron chi connectivity index (χ1n) is 8.68. The van der Waals surface area contributed by atoms with Gasteiger partial charge in [0.15, 0.2) is 5.13 Å². The first-order valence-corrected chi connectivity index (χ1v) is 10.4. The van der Waals surface area contributed by atoms with Gasteiger partial charge in [-0.3, -0.25) is 9.69 Å². The van der Waals surface area contributed by atoms with Crippen molar-refractivity contribution in [2.24, 2.45) is 0 Å². The molecular weight excluding hydrogens is 366 g/mol. The summed E-state index contributed by atoms with van der Waals surface area (Å²) in [6, 6.07) is 9.58. The summed E-state index contributed by atoms with van der Waals surface area (Å²) in [7, 11) is 1.65. The maximum Gasteiger partial charge on any atom is 0.270 e. The highest BCUT2D eigenvalue weighted by molar-refractivity contribution is 7.22. The first-order chi connectivity index (χ1) is 12.7. The number of aromatic nitrogens is 1. The molecule has 0 aliphatic carbocycles. The molecule has 0 fully saturated rings. The molecule has 0 unspecified atom stereocenters. The van der Waals surface area contributed by atoms with Crippen LogP contribution >= 0.6 is 22.7 Å². The number of carbonyl (C=O) groups is 1. The number of nitrogens with zero attached hydrogens (tertiary/aromatic N) is 3. The average Bonchev–Trinajstić information content (AvgIpc) is 3.33. The van der Waals surface area contributed by atoms with Gasteiger partial charge in [0.25, 0.3) is 5.91 Å². The standard InChI is InChI=1S/C19H23N3O2S2/c1-4-21(5-2)10-11-22(18(23)16-7-6-12-25-16)19-20-15-9-8-14(24-3)13-17(15)26-19/h6-9,12-13H,4-5,10-11H2,1-3H3. The Balaban J connectivity index is 1.92. The zero-order chi connectivity index (χ0) is 18.5. The van der Waals surface area contributed by atoms with Crippen molar-refractivity contribution < 1.29 is 9.53 Å². The zero-order valence-electron chi connectivity index (χ0n) is 15.3. The van der Waals surface area contributed by atoms with Crippen molar-refractivity contribution in [3.8, 4) is 5.75 Å². The molecule has 2 aromatic heterocycles. The van der Waals surface area contributed by atoms with Crippen molar-refractivity contribution in [3.63, 3.8) is 0 Å². The highest BCUT2D eigenvalue weighted by atomic mass is 32.1. The smallest absolute Gasteiger partial charge is 0.270 e. The molecule has 0 radical (unpaired) electrons. The van der Waals surface area contributed by atoms with Crippen LogP contribution in [0, 0.1) is 0 Å². The van der Waals surface area contributed by atoms with Crippen molar-refractivity contribution in [1.82, 2.24) is 9.88 Å². The predicted octanol–water partition coefficient (Wildman–Crippen LogP) is 4.36. The van der Waals surface area contributed by atoms with Crippen LogP contribution in [0.2, 0.25) is 0 Å². The van der Waals surface area contributed by atoms with Crippen LogP contribution in [0.1, 0.15) is 23.5 Å². The van der Waals surface area contributed by atoms with Crippen molar-refractivity contribution in [1.29, 1.82) is 0 Å². The van der Waals surface area contributed by atoms with Crippen molar-refractivity contribution in [2.75, 3.05) is 38.2 Å². The maximum atomic E-state index is 13.1. The Bertz CT molecular complexity index is 857. The fourth-order valence-electron chi connectivity index (χ4n) is 2.73. The lowest BCUT2D eigenvalue weighted by molar-refractivity contribution is 0.0987. The monoisotopic (exact) mass is 389 g/mol. The van der Waals surface area contributed by atoms with Crippen LogP contribution in [0.5, 0.6) is 5.75 Å². The molecule has 0 saturated heterocycles. The van der Waals surface area contributed by atoms with E-state index >= 15 is 0 Å². The van der Waals surface area contributed by atoms with E-state index in [4.69, 9.17) is 9.72 Å². The summed E-state index contributed by atoms with van der Waals surface area (Å²) < 4.78 is 6.32. The molecule has 5 nitrogen and oxygen atoms in total.